The van der Waals surface area contributed by atoms with Crippen LogP contribution in [0.3, 0.4) is 0 Å². The van der Waals surface area contributed by atoms with Crippen molar-refractivity contribution < 1.29 is 30.0 Å². The number of halogens is 3. The summed E-state index contributed by atoms with van der Waals surface area (Å²) in [6.07, 6.45) is 0.614. The monoisotopic (exact) mass is 517 g/mol. The molecule has 3 aromatic rings. The van der Waals surface area contributed by atoms with Gasteiger partial charge >= 0.3 is 10.2 Å². The fourth-order valence-corrected chi connectivity index (χ4v) is 5.34. The minimum Gasteiger partial charge on any atom is -0.295 e. The molecular formula is C19H18F3N5O5S2. The van der Waals surface area contributed by atoms with E-state index in [2.05, 4.69) is 9.97 Å². The number of anilines is 1. The first-order valence-corrected chi connectivity index (χ1v) is 13.1. The van der Waals surface area contributed by atoms with E-state index in [0.29, 0.717) is 0 Å². The highest BCUT2D eigenvalue weighted by molar-refractivity contribution is 7.90. The number of aryl methyl sites for hydroxylation is 1. The van der Waals surface area contributed by atoms with E-state index < -0.39 is 71.9 Å². The second-order valence-corrected chi connectivity index (χ2v) is 11.3. The van der Waals surface area contributed by atoms with E-state index in [-0.39, 0.29) is 24.0 Å². The van der Waals surface area contributed by atoms with E-state index in [1.165, 1.54) is 7.05 Å². The average molecular weight is 518 g/mol. The minimum absolute atomic E-state index is 0.00565. The summed E-state index contributed by atoms with van der Waals surface area (Å²) >= 11 is 0. The van der Waals surface area contributed by atoms with Crippen molar-refractivity contribution >= 4 is 36.8 Å². The van der Waals surface area contributed by atoms with Crippen molar-refractivity contribution in [1.82, 2.24) is 18.8 Å². The van der Waals surface area contributed by atoms with Crippen molar-refractivity contribution in [2.24, 2.45) is 7.05 Å². The summed E-state index contributed by atoms with van der Waals surface area (Å²) < 4.78 is 95.6. The molecule has 1 aliphatic rings. The predicted octanol–water partition coefficient (Wildman–Crippen LogP) is 1.38. The van der Waals surface area contributed by atoms with Gasteiger partial charge in [-0.25, -0.2) is 26.6 Å². The van der Waals surface area contributed by atoms with Gasteiger partial charge in [0.05, 0.1) is 16.8 Å². The SMILES string of the molecule is Cn1c(=O)c(-c2c(F)ccc(NS(=O)(=O)N3CCC(F)C3)c2F)cc2cnc(S(C)(=O)=O)nc21. The molecule has 1 aliphatic heterocycles. The van der Waals surface area contributed by atoms with Crippen LogP contribution in [0.25, 0.3) is 22.2 Å². The van der Waals surface area contributed by atoms with E-state index in [4.69, 9.17) is 0 Å². The second kappa shape index (κ2) is 8.32. The van der Waals surface area contributed by atoms with Crippen molar-refractivity contribution in [2.45, 2.75) is 17.7 Å². The molecule has 182 valence electrons. The Morgan fingerprint density at radius 2 is 1.88 bits per heavy atom. The minimum atomic E-state index is -4.33. The number of nitrogens with zero attached hydrogens (tertiary/aromatic N) is 4. The van der Waals surface area contributed by atoms with Crippen LogP contribution < -0.4 is 10.3 Å². The van der Waals surface area contributed by atoms with Crippen LogP contribution in [0.4, 0.5) is 18.9 Å². The molecule has 34 heavy (non-hydrogen) atoms. The molecule has 1 N–H and O–H groups in total. The largest absolute Gasteiger partial charge is 0.301 e. The molecule has 0 saturated carbocycles. The molecule has 1 aromatic carbocycles. The van der Waals surface area contributed by atoms with Crippen molar-refractivity contribution in [1.29, 1.82) is 0 Å². The highest BCUT2D eigenvalue weighted by Crippen LogP contribution is 2.31. The van der Waals surface area contributed by atoms with Crippen LogP contribution in [0.1, 0.15) is 6.42 Å². The van der Waals surface area contributed by atoms with Gasteiger partial charge in [0.1, 0.15) is 17.6 Å². The predicted molar refractivity (Wildman–Crippen MR) is 117 cm³/mol. The van der Waals surface area contributed by atoms with Gasteiger partial charge in [0.25, 0.3) is 5.56 Å². The lowest BCUT2D eigenvalue weighted by atomic mass is 10.0. The van der Waals surface area contributed by atoms with Crippen LogP contribution in [0.15, 0.2) is 34.3 Å². The van der Waals surface area contributed by atoms with E-state index in [0.717, 1.165) is 39.5 Å². The summed E-state index contributed by atoms with van der Waals surface area (Å²) in [5.41, 5.74) is -2.91. The van der Waals surface area contributed by atoms with Crippen molar-refractivity contribution in [2.75, 3.05) is 24.1 Å². The summed E-state index contributed by atoms with van der Waals surface area (Å²) in [6, 6.07) is 2.71. The summed E-state index contributed by atoms with van der Waals surface area (Å²) in [4.78, 5) is 20.5. The van der Waals surface area contributed by atoms with Gasteiger partial charge in [-0.05, 0) is 24.6 Å². The lowest BCUT2D eigenvalue weighted by Crippen LogP contribution is -2.34. The number of hydrogen-bond acceptors (Lipinski definition) is 7. The van der Waals surface area contributed by atoms with E-state index >= 15 is 4.39 Å². The van der Waals surface area contributed by atoms with Gasteiger partial charge in [-0.2, -0.15) is 17.7 Å². The van der Waals surface area contributed by atoms with Crippen molar-refractivity contribution in [3.8, 4) is 11.1 Å². The third kappa shape index (κ3) is 4.25. The number of fused-ring (bicyclic) bond motifs is 1. The summed E-state index contributed by atoms with van der Waals surface area (Å²) in [6.45, 7) is -0.501. The summed E-state index contributed by atoms with van der Waals surface area (Å²) in [5.74, 6) is -2.50. The van der Waals surface area contributed by atoms with Crippen LogP contribution in [0.5, 0.6) is 0 Å². The number of rotatable bonds is 5. The Kier molecular flexibility index (Phi) is 5.90. The molecular weight excluding hydrogens is 499 g/mol. The van der Waals surface area contributed by atoms with Crippen LogP contribution in [-0.2, 0) is 27.1 Å². The number of sulfone groups is 1. The zero-order valence-electron chi connectivity index (χ0n) is 17.8. The first-order chi connectivity index (χ1) is 15.8. The number of alkyl halides is 1. The molecule has 10 nitrogen and oxygen atoms in total. The molecule has 0 bridgehead atoms. The maximum absolute atomic E-state index is 15.3. The average Bonchev–Trinajstić information content (AvgIpc) is 3.20. The highest BCUT2D eigenvalue weighted by Gasteiger charge is 2.32. The quantitative estimate of drug-likeness (QED) is 0.506. The fourth-order valence-electron chi connectivity index (χ4n) is 3.58. The van der Waals surface area contributed by atoms with E-state index in [1.807, 2.05) is 4.72 Å². The molecule has 0 radical (unpaired) electrons. The van der Waals surface area contributed by atoms with Crippen LogP contribution in [0, 0.1) is 11.6 Å². The smallest absolute Gasteiger partial charge is 0.295 e. The number of pyridine rings is 1. The first-order valence-electron chi connectivity index (χ1n) is 9.77. The Bertz CT molecular complexity index is 1590. The van der Waals surface area contributed by atoms with Crippen LogP contribution >= 0.6 is 0 Å². The number of benzene rings is 1. The maximum atomic E-state index is 15.3. The number of aromatic nitrogens is 3. The molecule has 0 amide bonds. The maximum Gasteiger partial charge on any atom is 0.301 e. The Labute approximate surface area is 192 Å². The number of hydrogen-bond donors (Lipinski definition) is 1. The highest BCUT2D eigenvalue weighted by atomic mass is 32.2. The molecule has 1 unspecified atom stereocenters. The van der Waals surface area contributed by atoms with Crippen LogP contribution in [-0.4, -0.2) is 61.2 Å². The molecule has 2 aromatic heterocycles. The third-order valence-corrected chi connectivity index (χ3v) is 7.64. The molecule has 0 aliphatic carbocycles. The van der Waals surface area contributed by atoms with Gasteiger partial charge in [-0.3, -0.25) is 14.1 Å². The Hall–Kier alpha value is -3.04. The third-order valence-electron chi connectivity index (χ3n) is 5.29. The van der Waals surface area contributed by atoms with Gasteiger partial charge in [-0.1, -0.05) is 0 Å². The van der Waals surface area contributed by atoms with Gasteiger partial charge in [-0.15, -0.1) is 0 Å². The lowest BCUT2D eigenvalue weighted by Gasteiger charge is -2.18. The Balaban J connectivity index is 1.84. The molecule has 4 rings (SSSR count). The van der Waals surface area contributed by atoms with Crippen molar-refractivity contribution in [3.63, 3.8) is 0 Å². The second-order valence-electron chi connectivity index (χ2n) is 7.76. The molecule has 15 heteroatoms. The first kappa shape index (κ1) is 24.1. The summed E-state index contributed by atoms with van der Waals surface area (Å²) in [5, 5.41) is -0.422. The van der Waals surface area contributed by atoms with Gasteiger partial charge in [0.15, 0.2) is 5.82 Å². The number of nitrogens with one attached hydrogen (secondary N) is 1. The molecule has 3 heterocycles. The van der Waals surface area contributed by atoms with E-state index in [9.17, 15) is 30.4 Å². The topological polar surface area (TPSA) is 131 Å². The molecule has 1 atom stereocenters. The van der Waals surface area contributed by atoms with Gasteiger partial charge in [0.2, 0.25) is 15.0 Å². The Morgan fingerprint density at radius 3 is 2.50 bits per heavy atom. The summed E-state index contributed by atoms with van der Waals surface area (Å²) in [7, 11) is -6.88. The van der Waals surface area contributed by atoms with Gasteiger partial charge < -0.3 is 0 Å². The van der Waals surface area contributed by atoms with E-state index in [1.54, 1.807) is 0 Å². The standard InChI is InChI=1S/C19H18F3N5O5S2/c1-26-17-10(8-23-19(24-17)33(2,29)30)7-12(18(26)28)15-13(21)3-4-14(16(15)22)25-34(31,32)27-6-5-11(20)9-27/h3-4,7-8,11,25H,5-6,9H2,1-2H3. The lowest BCUT2D eigenvalue weighted by molar-refractivity contribution is 0.343. The van der Waals surface area contributed by atoms with Crippen LogP contribution in [0.2, 0.25) is 0 Å². The van der Waals surface area contributed by atoms with Crippen molar-refractivity contribution in [3.05, 3.63) is 46.4 Å². The zero-order valence-corrected chi connectivity index (χ0v) is 19.4. The normalized spacial score (nSPS) is 17.4. The molecule has 1 fully saturated rings. The van der Waals surface area contributed by atoms with Gasteiger partial charge in [0, 0.05) is 38.0 Å². The zero-order chi connectivity index (χ0) is 25.0. The molecule has 0 spiro atoms. The molecule has 1 saturated heterocycles. The Morgan fingerprint density at radius 1 is 1.18 bits per heavy atom. The fraction of sp³-hybridized carbons (Fsp3) is 0.316.